The summed E-state index contributed by atoms with van der Waals surface area (Å²) in [4.78, 5) is 17.0. The van der Waals surface area contributed by atoms with Crippen LogP contribution in [0.5, 0.6) is 0 Å². The summed E-state index contributed by atoms with van der Waals surface area (Å²) in [5.41, 5.74) is 0.517. The zero-order valence-corrected chi connectivity index (χ0v) is 12.2. The first-order chi connectivity index (χ1) is 9.19. The lowest BCUT2D eigenvalue weighted by molar-refractivity contribution is -0.139. The maximum absolute atomic E-state index is 12.6. The van der Waals surface area contributed by atoms with Crippen molar-refractivity contribution in [3.8, 4) is 0 Å². The highest BCUT2D eigenvalue weighted by Crippen LogP contribution is 2.37. The number of amides is 1. The molecule has 3 saturated heterocycles. The second-order valence-corrected chi connectivity index (χ2v) is 6.83. The van der Waals surface area contributed by atoms with Crippen molar-refractivity contribution in [2.45, 2.75) is 32.1 Å². The third-order valence-corrected chi connectivity index (χ3v) is 5.54. The minimum absolute atomic E-state index is 0.298. The second kappa shape index (κ2) is 5.41. The Morgan fingerprint density at radius 1 is 1.11 bits per heavy atom. The fraction of sp³-hybridized carbons (Fsp3) is 0.933. The molecule has 1 spiro atoms. The van der Waals surface area contributed by atoms with Crippen LogP contribution in [0.25, 0.3) is 0 Å². The maximum Gasteiger partial charge on any atom is 0.225 e. The van der Waals surface area contributed by atoms with Gasteiger partial charge in [0.1, 0.15) is 0 Å². The highest BCUT2D eigenvalue weighted by Gasteiger charge is 2.39. The van der Waals surface area contributed by atoms with Gasteiger partial charge in [0.05, 0.1) is 0 Å². The fourth-order valence-electron chi connectivity index (χ4n) is 3.94. The summed E-state index contributed by atoms with van der Waals surface area (Å²) >= 11 is 0. The van der Waals surface area contributed by atoms with Crippen LogP contribution in [0.15, 0.2) is 0 Å². The zero-order chi connectivity index (χ0) is 13.3. The van der Waals surface area contributed by atoms with Crippen LogP contribution in [0.4, 0.5) is 0 Å². The molecule has 0 radical (unpaired) electrons. The number of nitrogens with one attached hydrogen (secondary N) is 1. The first-order valence-corrected chi connectivity index (χ1v) is 7.87. The topological polar surface area (TPSA) is 35.6 Å². The largest absolute Gasteiger partial charge is 0.342 e. The lowest BCUT2D eigenvalue weighted by atomic mass is 9.77. The third kappa shape index (κ3) is 2.79. The zero-order valence-electron chi connectivity index (χ0n) is 12.2. The second-order valence-electron chi connectivity index (χ2n) is 6.83. The molecule has 0 atom stereocenters. The molecule has 0 aromatic rings. The Morgan fingerprint density at radius 3 is 2.37 bits per heavy atom. The van der Waals surface area contributed by atoms with Crippen LogP contribution in [0.2, 0.25) is 0 Å². The Kier molecular flexibility index (Phi) is 3.81. The van der Waals surface area contributed by atoms with Crippen LogP contribution < -0.4 is 5.32 Å². The quantitative estimate of drug-likeness (QED) is 0.766. The average molecular weight is 265 g/mol. The van der Waals surface area contributed by atoms with E-state index in [4.69, 9.17) is 0 Å². The molecule has 3 rings (SSSR count). The summed E-state index contributed by atoms with van der Waals surface area (Å²) in [5, 5.41) is 3.49. The van der Waals surface area contributed by atoms with E-state index in [0.29, 0.717) is 17.2 Å². The van der Waals surface area contributed by atoms with Gasteiger partial charge in [-0.15, -0.1) is 0 Å². The standard InChI is InChI=1S/C15H27N3O/c1-17-8-2-13(3-9-17)14(19)18-10-5-15(6-11-18)4-7-16-12-15/h13,16H,2-12H2,1H3. The smallest absolute Gasteiger partial charge is 0.225 e. The van der Waals surface area contributed by atoms with Crippen LogP contribution in [0, 0.1) is 11.3 Å². The predicted octanol–water partition coefficient (Wildman–Crippen LogP) is 0.930. The Hall–Kier alpha value is -0.610. The molecule has 0 saturated carbocycles. The molecule has 1 amide bonds. The van der Waals surface area contributed by atoms with E-state index in [1.54, 1.807) is 0 Å². The third-order valence-electron chi connectivity index (χ3n) is 5.54. The van der Waals surface area contributed by atoms with Crippen molar-refractivity contribution >= 4 is 5.91 Å². The molecule has 19 heavy (non-hydrogen) atoms. The molecule has 0 aromatic heterocycles. The molecule has 0 unspecified atom stereocenters. The first-order valence-electron chi connectivity index (χ1n) is 7.87. The van der Waals surface area contributed by atoms with E-state index in [1.807, 2.05) is 0 Å². The molecule has 4 heteroatoms. The molecule has 3 heterocycles. The molecular weight excluding hydrogens is 238 g/mol. The van der Waals surface area contributed by atoms with E-state index < -0.39 is 0 Å². The van der Waals surface area contributed by atoms with Gasteiger partial charge in [0.2, 0.25) is 5.91 Å². The Balaban J connectivity index is 1.52. The minimum Gasteiger partial charge on any atom is -0.342 e. The van der Waals surface area contributed by atoms with Crippen molar-refractivity contribution in [3.63, 3.8) is 0 Å². The molecular formula is C15H27N3O. The summed E-state index contributed by atoms with van der Waals surface area (Å²) < 4.78 is 0. The van der Waals surface area contributed by atoms with Gasteiger partial charge in [0.25, 0.3) is 0 Å². The molecule has 3 aliphatic heterocycles. The van der Waals surface area contributed by atoms with Crippen LogP contribution >= 0.6 is 0 Å². The number of hydrogen-bond acceptors (Lipinski definition) is 3. The normalized spacial score (nSPS) is 29.0. The monoisotopic (exact) mass is 265 g/mol. The van der Waals surface area contributed by atoms with Crippen LogP contribution in [-0.4, -0.2) is 62.0 Å². The lowest BCUT2D eigenvalue weighted by Gasteiger charge is -2.41. The van der Waals surface area contributed by atoms with Crippen LogP contribution in [0.3, 0.4) is 0 Å². The molecule has 0 bridgehead atoms. The van der Waals surface area contributed by atoms with Crippen molar-refractivity contribution in [1.82, 2.24) is 15.1 Å². The Bertz CT molecular complexity index is 320. The van der Waals surface area contributed by atoms with Gasteiger partial charge in [0.15, 0.2) is 0 Å². The molecule has 0 aliphatic carbocycles. The molecule has 3 fully saturated rings. The highest BCUT2D eigenvalue weighted by molar-refractivity contribution is 5.79. The number of rotatable bonds is 1. The van der Waals surface area contributed by atoms with Gasteiger partial charge in [-0.05, 0) is 64.2 Å². The number of piperidine rings is 2. The van der Waals surface area contributed by atoms with Gasteiger partial charge in [0, 0.05) is 25.6 Å². The summed E-state index contributed by atoms with van der Waals surface area (Å²) in [6.45, 7) is 6.49. The first kappa shape index (κ1) is 13.4. The summed E-state index contributed by atoms with van der Waals surface area (Å²) in [5.74, 6) is 0.737. The molecule has 108 valence electrons. The molecule has 4 nitrogen and oxygen atoms in total. The van der Waals surface area contributed by atoms with Crippen molar-refractivity contribution in [2.24, 2.45) is 11.3 Å². The van der Waals surface area contributed by atoms with Crippen LogP contribution in [-0.2, 0) is 4.79 Å². The molecule has 3 aliphatic rings. The summed E-state index contributed by atoms with van der Waals surface area (Å²) in [7, 11) is 2.15. The Morgan fingerprint density at radius 2 is 1.79 bits per heavy atom. The van der Waals surface area contributed by atoms with Crippen molar-refractivity contribution in [1.29, 1.82) is 0 Å². The minimum atomic E-state index is 0.298. The number of carbonyl (C=O) groups is 1. The predicted molar refractivity (Wildman–Crippen MR) is 76.0 cm³/mol. The molecule has 0 aromatic carbocycles. The average Bonchev–Trinajstić information content (AvgIpc) is 2.88. The number of likely N-dealkylation sites (tertiary alicyclic amines) is 2. The lowest BCUT2D eigenvalue weighted by Crippen LogP contribution is -2.47. The Labute approximate surface area is 116 Å². The number of carbonyl (C=O) groups excluding carboxylic acids is 1. The van der Waals surface area contributed by atoms with Gasteiger partial charge >= 0.3 is 0 Å². The van der Waals surface area contributed by atoms with Crippen molar-refractivity contribution in [2.75, 3.05) is 46.3 Å². The van der Waals surface area contributed by atoms with Gasteiger partial charge in [-0.1, -0.05) is 0 Å². The number of hydrogen-bond donors (Lipinski definition) is 1. The summed E-state index contributed by atoms with van der Waals surface area (Å²) in [6, 6.07) is 0. The van der Waals surface area contributed by atoms with E-state index in [2.05, 4.69) is 22.2 Å². The van der Waals surface area contributed by atoms with E-state index in [0.717, 1.165) is 39.0 Å². The highest BCUT2D eigenvalue weighted by atomic mass is 16.2. The van der Waals surface area contributed by atoms with Gasteiger partial charge < -0.3 is 15.1 Å². The van der Waals surface area contributed by atoms with Crippen LogP contribution in [0.1, 0.15) is 32.1 Å². The van der Waals surface area contributed by atoms with Gasteiger partial charge in [-0.3, -0.25) is 4.79 Å². The number of nitrogens with zero attached hydrogens (tertiary/aromatic N) is 2. The fourth-order valence-corrected chi connectivity index (χ4v) is 3.94. The van der Waals surface area contributed by atoms with E-state index in [1.165, 1.54) is 32.4 Å². The maximum atomic E-state index is 12.6. The summed E-state index contributed by atoms with van der Waals surface area (Å²) in [6.07, 6.45) is 5.83. The molecule has 1 N–H and O–H groups in total. The SMILES string of the molecule is CN1CCC(C(=O)N2CCC3(CCNC3)CC2)CC1. The van der Waals surface area contributed by atoms with E-state index >= 15 is 0 Å². The van der Waals surface area contributed by atoms with Gasteiger partial charge in [-0.2, -0.15) is 0 Å². The van der Waals surface area contributed by atoms with E-state index in [9.17, 15) is 4.79 Å². The van der Waals surface area contributed by atoms with Crippen molar-refractivity contribution in [3.05, 3.63) is 0 Å². The van der Waals surface area contributed by atoms with Gasteiger partial charge in [-0.25, -0.2) is 0 Å². The van der Waals surface area contributed by atoms with E-state index in [-0.39, 0.29) is 0 Å². The van der Waals surface area contributed by atoms with Crippen molar-refractivity contribution < 1.29 is 4.79 Å².